The Hall–Kier alpha value is -1.55. The molecule has 4 heteroatoms. The maximum atomic E-state index is 12.2. The number of urea groups is 1. The molecule has 0 heterocycles. The van der Waals surface area contributed by atoms with Crippen molar-refractivity contribution in [3.8, 4) is 0 Å². The minimum Gasteiger partial charge on any atom is -0.335 e. The summed E-state index contributed by atoms with van der Waals surface area (Å²) in [6.45, 7) is 3.85. The fraction of sp³-hybridized carbons (Fsp3) is 0.533. The number of hydrogen-bond donors (Lipinski definition) is 2. The average Bonchev–Trinajstić information content (AvgIpc) is 2.40. The van der Waals surface area contributed by atoms with E-state index < -0.39 is 0 Å². The Kier molecular flexibility index (Phi) is 4.80. The molecule has 1 aliphatic carbocycles. The largest absolute Gasteiger partial charge is 0.335 e. The zero-order valence-electron chi connectivity index (χ0n) is 11.6. The van der Waals surface area contributed by atoms with E-state index in [9.17, 15) is 4.79 Å². The van der Waals surface area contributed by atoms with E-state index in [1.807, 2.05) is 36.1 Å². The Morgan fingerprint density at radius 3 is 2.58 bits per heavy atom. The van der Waals surface area contributed by atoms with Crippen LogP contribution in [-0.2, 0) is 13.1 Å². The van der Waals surface area contributed by atoms with E-state index in [0.717, 1.165) is 24.0 Å². The summed E-state index contributed by atoms with van der Waals surface area (Å²) < 4.78 is 0. The van der Waals surface area contributed by atoms with Gasteiger partial charge in [0.25, 0.3) is 0 Å². The summed E-state index contributed by atoms with van der Waals surface area (Å²) in [6.07, 6.45) is 3.46. The van der Waals surface area contributed by atoms with Crippen molar-refractivity contribution in [3.63, 3.8) is 0 Å². The molecule has 0 saturated heterocycles. The fourth-order valence-corrected chi connectivity index (χ4v) is 2.26. The zero-order chi connectivity index (χ0) is 13.7. The van der Waals surface area contributed by atoms with E-state index in [-0.39, 0.29) is 6.03 Å². The van der Waals surface area contributed by atoms with Crippen LogP contribution in [0.1, 0.15) is 37.3 Å². The summed E-state index contributed by atoms with van der Waals surface area (Å²) in [5, 5.41) is 3.08. The van der Waals surface area contributed by atoms with Gasteiger partial charge >= 0.3 is 6.03 Å². The van der Waals surface area contributed by atoms with Crippen molar-refractivity contribution >= 4 is 6.03 Å². The van der Waals surface area contributed by atoms with E-state index in [1.54, 1.807) is 0 Å². The van der Waals surface area contributed by atoms with Gasteiger partial charge in [-0.3, -0.25) is 0 Å². The fourth-order valence-electron chi connectivity index (χ4n) is 2.26. The minimum absolute atomic E-state index is 0.0408. The molecule has 0 radical (unpaired) electrons. The highest BCUT2D eigenvalue weighted by atomic mass is 16.2. The van der Waals surface area contributed by atoms with Crippen LogP contribution in [0.3, 0.4) is 0 Å². The Morgan fingerprint density at radius 1 is 1.37 bits per heavy atom. The molecule has 1 aromatic rings. The number of amides is 2. The second kappa shape index (κ2) is 6.57. The van der Waals surface area contributed by atoms with Crippen LogP contribution >= 0.6 is 0 Å². The Balaban J connectivity index is 1.99. The number of rotatable bonds is 5. The van der Waals surface area contributed by atoms with Gasteiger partial charge in [0.1, 0.15) is 0 Å². The first-order valence-corrected chi connectivity index (χ1v) is 7.07. The molecular weight excluding hydrogens is 238 g/mol. The summed E-state index contributed by atoms with van der Waals surface area (Å²) in [5.41, 5.74) is 7.98. The van der Waals surface area contributed by atoms with Crippen LogP contribution in [-0.4, -0.2) is 23.5 Å². The van der Waals surface area contributed by atoms with Gasteiger partial charge < -0.3 is 16.0 Å². The highest BCUT2D eigenvalue weighted by molar-refractivity contribution is 5.74. The Labute approximate surface area is 115 Å². The normalized spacial score (nSPS) is 14.8. The van der Waals surface area contributed by atoms with Gasteiger partial charge in [-0.25, -0.2) is 4.79 Å². The van der Waals surface area contributed by atoms with Gasteiger partial charge in [0.15, 0.2) is 0 Å². The lowest BCUT2D eigenvalue weighted by Gasteiger charge is -2.30. The summed E-state index contributed by atoms with van der Waals surface area (Å²) in [7, 11) is 0. The third-order valence-corrected chi connectivity index (χ3v) is 3.80. The van der Waals surface area contributed by atoms with Gasteiger partial charge in [0, 0.05) is 25.7 Å². The minimum atomic E-state index is 0.0408. The molecule has 19 heavy (non-hydrogen) atoms. The molecule has 0 spiro atoms. The smallest absolute Gasteiger partial charge is 0.317 e. The molecule has 104 valence electrons. The van der Waals surface area contributed by atoms with Crippen LogP contribution in [0, 0.1) is 0 Å². The van der Waals surface area contributed by atoms with Crippen LogP contribution < -0.4 is 11.1 Å². The maximum absolute atomic E-state index is 12.2. The van der Waals surface area contributed by atoms with Crippen molar-refractivity contribution < 1.29 is 4.79 Å². The molecule has 2 amide bonds. The Bertz CT molecular complexity index is 429. The first kappa shape index (κ1) is 13.9. The van der Waals surface area contributed by atoms with E-state index >= 15 is 0 Å². The first-order valence-electron chi connectivity index (χ1n) is 7.07. The third kappa shape index (κ3) is 3.47. The molecule has 1 saturated carbocycles. The van der Waals surface area contributed by atoms with Crippen molar-refractivity contribution in [2.24, 2.45) is 5.73 Å². The van der Waals surface area contributed by atoms with E-state index in [1.165, 1.54) is 6.42 Å². The molecule has 4 nitrogen and oxygen atoms in total. The summed E-state index contributed by atoms with van der Waals surface area (Å²) in [6, 6.07) is 8.46. The molecule has 0 bridgehead atoms. The molecule has 1 aromatic carbocycles. The number of hydrogen-bond acceptors (Lipinski definition) is 2. The van der Waals surface area contributed by atoms with Gasteiger partial charge in [-0.15, -0.1) is 0 Å². The lowest BCUT2D eigenvalue weighted by Crippen LogP contribution is -2.47. The van der Waals surface area contributed by atoms with Gasteiger partial charge in [-0.05, 0) is 37.3 Å². The standard InChI is InChI=1S/C15H23N3O/c1-2-18(15(19)17-14-8-5-9-14)11-13-7-4-3-6-12(13)10-16/h3-4,6-7,14H,2,5,8-11,16H2,1H3,(H,17,19). The Morgan fingerprint density at radius 2 is 2.05 bits per heavy atom. The van der Waals surface area contributed by atoms with Crippen LogP contribution in [0.4, 0.5) is 4.79 Å². The van der Waals surface area contributed by atoms with Crippen molar-refractivity contribution in [2.75, 3.05) is 6.54 Å². The number of nitrogens with one attached hydrogen (secondary N) is 1. The van der Waals surface area contributed by atoms with Crippen LogP contribution in [0.5, 0.6) is 0 Å². The summed E-state index contributed by atoms with van der Waals surface area (Å²) in [4.78, 5) is 14.0. The SMILES string of the molecule is CCN(Cc1ccccc1CN)C(=O)NC1CCC1. The van der Waals surface area contributed by atoms with E-state index in [0.29, 0.717) is 25.7 Å². The second-order valence-electron chi connectivity index (χ2n) is 5.06. The van der Waals surface area contributed by atoms with Crippen molar-refractivity contribution in [2.45, 2.75) is 45.3 Å². The number of carbonyl (C=O) groups excluding carboxylic acids is 1. The molecule has 0 atom stereocenters. The molecule has 0 aliphatic heterocycles. The highest BCUT2D eigenvalue weighted by Gasteiger charge is 2.22. The van der Waals surface area contributed by atoms with E-state index in [4.69, 9.17) is 5.73 Å². The van der Waals surface area contributed by atoms with Crippen LogP contribution in [0.15, 0.2) is 24.3 Å². The number of nitrogens with zero attached hydrogens (tertiary/aromatic N) is 1. The molecular formula is C15H23N3O. The van der Waals surface area contributed by atoms with Crippen molar-refractivity contribution in [1.29, 1.82) is 0 Å². The molecule has 0 unspecified atom stereocenters. The topological polar surface area (TPSA) is 58.4 Å². The zero-order valence-corrected chi connectivity index (χ0v) is 11.6. The maximum Gasteiger partial charge on any atom is 0.317 e. The van der Waals surface area contributed by atoms with Crippen molar-refractivity contribution in [1.82, 2.24) is 10.2 Å². The number of benzene rings is 1. The number of nitrogens with two attached hydrogens (primary N) is 1. The van der Waals surface area contributed by atoms with Gasteiger partial charge in [0.05, 0.1) is 0 Å². The van der Waals surface area contributed by atoms with Gasteiger partial charge in [-0.2, -0.15) is 0 Å². The predicted octanol–water partition coefficient (Wildman–Crippen LogP) is 2.23. The quantitative estimate of drug-likeness (QED) is 0.854. The molecule has 1 aliphatic rings. The number of carbonyl (C=O) groups is 1. The predicted molar refractivity (Wildman–Crippen MR) is 76.6 cm³/mol. The van der Waals surface area contributed by atoms with Crippen LogP contribution in [0.2, 0.25) is 0 Å². The first-order chi connectivity index (χ1) is 9.24. The van der Waals surface area contributed by atoms with Gasteiger partial charge in [0.2, 0.25) is 0 Å². The molecule has 1 fully saturated rings. The molecule has 2 rings (SSSR count). The second-order valence-corrected chi connectivity index (χ2v) is 5.06. The highest BCUT2D eigenvalue weighted by Crippen LogP contribution is 2.19. The van der Waals surface area contributed by atoms with Crippen molar-refractivity contribution in [3.05, 3.63) is 35.4 Å². The average molecular weight is 261 g/mol. The van der Waals surface area contributed by atoms with Crippen LogP contribution in [0.25, 0.3) is 0 Å². The lowest BCUT2D eigenvalue weighted by molar-refractivity contribution is 0.186. The molecule has 3 N–H and O–H groups in total. The summed E-state index contributed by atoms with van der Waals surface area (Å²) >= 11 is 0. The van der Waals surface area contributed by atoms with Gasteiger partial charge in [-0.1, -0.05) is 24.3 Å². The van der Waals surface area contributed by atoms with E-state index in [2.05, 4.69) is 5.32 Å². The summed E-state index contributed by atoms with van der Waals surface area (Å²) in [5.74, 6) is 0. The monoisotopic (exact) mass is 261 g/mol. The third-order valence-electron chi connectivity index (χ3n) is 3.80. The molecule has 0 aromatic heterocycles. The lowest BCUT2D eigenvalue weighted by atomic mass is 9.93.